The summed E-state index contributed by atoms with van der Waals surface area (Å²) < 4.78 is 17.2. The van der Waals surface area contributed by atoms with Gasteiger partial charge in [-0.2, -0.15) is 0 Å². The van der Waals surface area contributed by atoms with Crippen molar-refractivity contribution < 1.29 is 44.5 Å². The Hall–Kier alpha value is -6.95. The molecule has 338 valence electrons. The van der Waals surface area contributed by atoms with Crippen LogP contribution in [0.2, 0.25) is 0 Å². The van der Waals surface area contributed by atoms with Crippen molar-refractivity contribution in [1.82, 2.24) is 5.32 Å². The van der Waals surface area contributed by atoms with Gasteiger partial charge in [0.25, 0.3) is 5.91 Å². The molecular formula is C55H54N2O9. The number of amides is 1. The van der Waals surface area contributed by atoms with Gasteiger partial charge in [0, 0.05) is 48.0 Å². The number of nitrogens with two attached hydrogens (primary N) is 1. The SMILES string of the molecule is CC#CC#CC#CC#CC#CC#CC#CC#CC#CC#CC#CC#CC(=O)N[C@@H](COC1OC(COCCCCCCN)C(O)C(O)C1O)[C@H](O)[C@H](O)CCCCCCCc1ccccc1. The molecule has 0 aliphatic carbocycles. The predicted molar refractivity (Wildman–Crippen MR) is 252 cm³/mol. The number of carbonyl (C=O) groups excluding carboxylic acids is 1. The maximum atomic E-state index is 12.9. The number of aryl methyl sites for hydroxylation is 1. The number of aliphatic hydroxyl groups excluding tert-OH is 5. The average Bonchev–Trinajstić information content (AvgIpc) is 3.32. The Balaban J connectivity index is 1.99. The number of unbranched alkanes of at least 4 members (excludes halogenated alkanes) is 7. The third-order valence-electron chi connectivity index (χ3n) is 9.18. The van der Waals surface area contributed by atoms with Crippen LogP contribution >= 0.6 is 0 Å². The van der Waals surface area contributed by atoms with Crippen molar-refractivity contribution in [3.63, 3.8) is 0 Å². The molecular weight excluding hydrogens is 833 g/mol. The number of hydrogen-bond donors (Lipinski definition) is 7. The van der Waals surface area contributed by atoms with Gasteiger partial charge in [0.1, 0.15) is 30.5 Å². The van der Waals surface area contributed by atoms with Crippen LogP contribution in [0.25, 0.3) is 0 Å². The molecule has 8 atom stereocenters. The van der Waals surface area contributed by atoms with Crippen molar-refractivity contribution in [1.29, 1.82) is 0 Å². The fourth-order valence-corrected chi connectivity index (χ4v) is 5.79. The van der Waals surface area contributed by atoms with E-state index in [1.54, 1.807) is 6.92 Å². The number of ether oxygens (including phenoxy) is 3. The van der Waals surface area contributed by atoms with Crippen LogP contribution < -0.4 is 11.1 Å². The summed E-state index contributed by atoms with van der Waals surface area (Å²) in [6.45, 7) is 2.15. The Morgan fingerprint density at radius 2 is 1.15 bits per heavy atom. The zero-order valence-electron chi connectivity index (χ0n) is 37.1. The Bertz CT molecular complexity index is 2470. The van der Waals surface area contributed by atoms with Crippen LogP contribution in [0.5, 0.6) is 0 Å². The van der Waals surface area contributed by atoms with Gasteiger partial charge in [0.15, 0.2) is 6.29 Å². The van der Waals surface area contributed by atoms with Gasteiger partial charge in [0.05, 0.1) is 25.4 Å². The van der Waals surface area contributed by atoms with E-state index in [4.69, 9.17) is 19.9 Å². The molecule has 11 heteroatoms. The van der Waals surface area contributed by atoms with Gasteiger partial charge >= 0.3 is 0 Å². The first kappa shape index (κ1) is 55.2. The summed E-state index contributed by atoms with van der Waals surface area (Å²) >= 11 is 0. The molecule has 0 aromatic heterocycles. The molecule has 1 amide bonds. The highest BCUT2D eigenvalue weighted by molar-refractivity contribution is 5.94. The molecule has 0 spiro atoms. The molecule has 1 aromatic rings. The Kier molecular flexibility index (Phi) is 31.3. The molecule has 1 saturated heterocycles. The zero-order valence-corrected chi connectivity index (χ0v) is 37.1. The minimum absolute atomic E-state index is 0.0803. The normalized spacial score (nSPS) is 17.2. The average molecular weight is 887 g/mol. The summed E-state index contributed by atoms with van der Waals surface area (Å²) in [6, 6.07) is 9.02. The molecule has 0 saturated carbocycles. The van der Waals surface area contributed by atoms with E-state index in [1.807, 2.05) is 18.2 Å². The lowest BCUT2D eigenvalue weighted by Gasteiger charge is -2.40. The van der Waals surface area contributed by atoms with E-state index in [9.17, 15) is 30.3 Å². The molecule has 1 heterocycles. The van der Waals surface area contributed by atoms with E-state index in [0.29, 0.717) is 19.6 Å². The number of carbonyl (C=O) groups is 1. The summed E-state index contributed by atoms with van der Waals surface area (Å²) in [6.07, 6.45) is -0.730. The van der Waals surface area contributed by atoms with Crippen molar-refractivity contribution in [2.75, 3.05) is 26.4 Å². The van der Waals surface area contributed by atoms with E-state index in [-0.39, 0.29) is 13.0 Å². The molecule has 0 radical (unpaired) electrons. The molecule has 2 rings (SSSR count). The van der Waals surface area contributed by atoms with Gasteiger partial charge in [-0.25, -0.2) is 0 Å². The minimum atomic E-state index is -1.67. The topological polar surface area (TPSA) is 184 Å². The second-order valence-corrected chi connectivity index (χ2v) is 14.2. The summed E-state index contributed by atoms with van der Waals surface area (Å²) in [5.41, 5.74) is 6.82. The summed E-state index contributed by atoms with van der Waals surface area (Å²) in [7, 11) is 0. The Morgan fingerprint density at radius 1 is 0.652 bits per heavy atom. The zero-order chi connectivity index (χ0) is 47.7. The fraction of sp³-hybridized carbons (Fsp3) is 0.436. The smallest absolute Gasteiger partial charge is 0.297 e. The van der Waals surface area contributed by atoms with Crippen LogP contribution in [0.15, 0.2) is 30.3 Å². The Morgan fingerprint density at radius 3 is 1.71 bits per heavy atom. The molecule has 66 heavy (non-hydrogen) atoms. The van der Waals surface area contributed by atoms with Crippen molar-refractivity contribution in [3.05, 3.63) is 35.9 Å². The van der Waals surface area contributed by atoms with Crippen LogP contribution in [0.1, 0.15) is 76.7 Å². The number of benzene rings is 1. The predicted octanol–water partition coefficient (Wildman–Crippen LogP) is 1.20. The number of hydrogen-bond acceptors (Lipinski definition) is 10. The van der Waals surface area contributed by atoms with Gasteiger partial charge in [-0.1, -0.05) is 74.8 Å². The second kappa shape index (κ2) is 37.4. The lowest BCUT2D eigenvalue weighted by atomic mass is 9.98. The van der Waals surface area contributed by atoms with Crippen molar-refractivity contribution in [2.24, 2.45) is 5.73 Å². The van der Waals surface area contributed by atoms with Crippen LogP contribution in [0.3, 0.4) is 0 Å². The molecule has 8 N–H and O–H groups in total. The minimum Gasteiger partial charge on any atom is -0.390 e. The molecule has 1 aliphatic heterocycles. The van der Waals surface area contributed by atoms with E-state index in [2.05, 4.69) is 160 Å². The molecule has 1 fully saturated rings. The largest absolute Gasteiger partial charge is 0.390 e. The Labute approximate surface area is 391 Å². The number of nitrogens with one attached hydrogen (secondary N) is 1. The first-order valence-corrected chi connectivity index (χ1v) is 21.5. The van der Waals surface area contributed by atoms with E-state index >= 15 is 0 Å². The maximum Gasteiger partial charge on any atom is 0.297 e. The third-order valence-corrected chi connectivity index (χ3v) is 9.18. The highest BCUT2D eigenvalue weighted by Gasteiger charge is 2.45. The van der Waals surface area contributed by atoms with Gasteiger partial charge < -0.3 is 50.8 Å². The van der Waals surface area contributed by atoms with E-state index < -0.39 is 61.5 Å². The fourth-order valence-electron chi connectivity index (χ4n) is 5.79. The number of rotatable bonds is 22. The van der Waals surface area contributed by atoms with Crippen LogP contribution in [-0.2, 0) is 25.4 Å². The quantitative estimate of drug-likeness (QED) is 0.0661. The second-order valence-electron chi connectivity index (χ2n) is 14.2. The molecule has 11 nitrogen and oxygen atoms in total. The van der Waals surface area contributed by atoms with Gasteiger partial charge in [-0.05, 0) is 146 Å². The highest BCUT2D eigenvalue weighted by atomic mass is 16.7. The monoisotopic (exact) mass is 886 g/mol. The molecule has 1 aliphatic rings. The van der Waals surface area contributed by atoms with Gasteiger partial charge in [0.2, 0.25) is 0 Å². The van der Waals surface area contributed by atoms with Crippen LogP contribution in [0.4, 0.5) is 0 Å². The van der Waals surface area contributed by atoms with E-state index in [0.717, 1.165) is 57.8 Å². The van der Waals surface area contributed by atoms with Crippen LogP contribution in [-0.4, -0.2) is 107 Å². The third kappa shape index (κ3) is 26.6. The lowest BCUT2D eigenvalue weighted by molar-refractivity contribution is -0.304. The van der Waals surface area contributed by atoms with Gasteiger partial charge in [-0.15, -0.1) is 0 Å². The summed E-state index contributed by atoms with van der Waals surface area (Å²) in [5.74, 6) is 58.7. The van der Waals surface area contributed by atoms with E-state index in [1.165, 1.54) is 5.56 Å². The maximum absolute atomic E-state index is 12.9. The van der Waals surface area contributed by atoms with Crippen LogP contribution in [0, 0.1) is 142 Å². The van der Waals surface area contributed by atoms with Gasteiger partial charge in [-0.3, -0.25) is 4.79 Å². The standard InChI is InChI=1S/C55H54N2O9/c1-2-3-4-5-6-7-8-9-10-11-12-13-14-15-16-17-18-19-20-21-22-26-34-41-50(59)57-47(51(60)48(58)40-33-25-23-24-30-37-46-38-31-29-32-39-46)44-65-55-54(63)53(62)52(61)49(66-55)45-64-43-36-28-27-35-42-56/h29,31-32,38-39,47-49,51-55,58,60-63H,23-25,27-28,30,33,35-37,40,42-45,56H2,1H3,(H,57,59)/t47-,48+,49?,51-,52?,53?,54?,55?/m0/s1. The van der Waals surface area contributed by atoms with Crippen molar-refractivity contribution in [3.8, 4) is 142 Å². The first-order valence-electron chi connectivity index (χ1n) is 21.5. The molecule has 1 aromatic carbocycles. The lowest BCUT2D eigenvalue weighted by Crippen LogP contribution is -2.60. The molecule has 0 bridgehead atoms. The summed E-state index contributed by atoms with van der Waals surface area (Å²) in [5, 5.41) is 56.5. The summed E-state index contributed by atoms with van der Waals surface area (Å²) in [4.78, 5) is 12.9. The molecule has 5 unspecified atom stereocenters. The first-order chi connectivity index (χ1) is 32.3. The highest BCUT2D eigenvalue weighted by Crippen LogP contribution is 2.23. The van der Waals surface area contributed by atoms with Crippen molar-refractivity contribution >= 4 is 5.91 Å². The number of aliphatic hydroxyl groups is 5. The van der Waals surface area contributed by atoms with Crippen molar-refractivity contribution in [2.45, 2.75) is 127 Å².